The number of ether oxygens (including phenoxy) is 1. The summed E-state index contributed by atoms with van der Waals surface area (Å²) in [5, 5.41) is 11.7. The SMILES string of the molecule is O=C(NCC#Cc1ncccc1C(=O)O)OCC1c2ccccc2-c2ccccc21. The van der Waals surface area contributed by atoms with Gasteiger partial charge in [-0.1, -0.05) is 54.5 Å². The van der Waals surface area contributed by atoms with Gasteiger partial charge in [-0.15, -0.1) is 0 Å². The maximum absolute atomic E-state index is 12.1. The first-order valence-corrected chi connectivity index (χ1v) is 9.41. The fraction of sp³-hybridized carbons (Fsp3) is 0.125. The van der Waals surface area contributed by atoms with Gasteiger partial charge in [0, 0.05) is 12.1 Å². The number of amides is 1. The van der Waals surface area contributed by atoms with Crippen molar-refractivity contribution in [2.75, 3.05) is 13.2 Å². The lowest BCUT2D eigenvalue weighted by atomic mass is 9.98. The van der Waals surface area contributed by atoms with Crippen LogP contribution in [0.15, 0.2) is 66.9 Å². The van der Waals surface area contributed by atoms with Crippen molar-refractivity contribution in [3.8, 4) is 23.0 Å². The van der Waals surface area contributed by atoms with E-state index in [0.29, 0.717) is 0 Å². The Morgan fingerprint density at radius 1 is 1.00 bits per heavy atom. The molecule has 6 heteroatoms. The van der Waals surface area contributed by atoms with Gasteiger partial charge in [0.25, 0.3) is 0 Å². The molecule has 0 atom stereocenters. The molecule has 0 spiro atoms. The lowest BCUT2D eigenvalue weighted by Crippen LogP contribution is -2.26. The number of benzene rings is 2. The van der Waals surface area contributed by atoms with Crippen molar-refractivity contribution in [1.82, 2.24) is 10.3 Å². The monoisotopic (exact) mass is 398 g/mol. The first-order valence-electron chi connectivity index (χ1n) is 9.41. The van der Waals surface area contributed by atoms with Gasteiger partial charge in [-0.05, 0) is 40.3 Å². The number of fused-ring (bicyclic) bond motifs is 3. The molecule has 0 fully saturated rings. The fourth-order valence-electron chi connectivity index (χ4n) is 3.57. The van der Waals surface area contributed by atoms with Gasteiger partial charge in [-0.2, -0.15) is 0 Å². The van der Waals surface area contributed by atoms with E-state index >= 15 is 0 Å². The molecule has 3 aromatic rings. The molecule has 1 heterocycles. The van der Waals surface area contributed by atoms with E-state index in [1.54, 1.807) is 0 Å². The number of aromatic nitrogens is 1. The van der Waals surface area contributed by atoms with Crippen LogP contribution < -0.4 is 5.32 Å². The molecule has 0 bridgehead atoms. The number of hydrogen-bond acceptors (Lipinski definition) is 4. The number of hydrogen-bond donors (Lipinski definition) is 2. The van der Waals surface area contributed by atoms with Gasteiger partial charge < -0.3 is 15.2 Å². The van der Waals surface area contributed by atoms with Crippen molar-refractivity contribution < 1.29 is 19.4 Å². The van der Waals surface area contributed by atoms with Gasteiger partial charge in [0.05, 0.1) is 12.1 Å². The van der Waals surface area contributed by atoms with Crippen molar-refractivity contribution in [1.29, 1.82) is 0 Å². The minimum atomic E-state index is -1.10. The molecule has 0 unspecified atom stereocenters. The van der Waals surface area contributed by atoms with E-state index in [1.165, 1.54) is 18.3 Å². The standard InChI is InChI=1S/C24H18N2O4/c27-23(28)20-11-5-13-25-22(20)12-6-14-26-24(29)30-15-21-18-9-3-1-7-16(18)17-8-2-4-10-19(17)21/h1-5,7-11,13,21H,14-15H2,(H,26,29)(H,27,28). The lowest BCUT2D eigenvalue weighted by Gasteiger charge is -2.14. The minimum absolute atomic E-state index is 0.0131. The van der Waals surface area contributed by atoms with Crippen molar-refractivity contribution in [2.24, 2.45) is 0 Å². The highest BCUT2D eigenvalue weighted by Gasteiger charge is 2.28. The van der Waals surface area contributed by atoms with E-state index in [-0.39, 0.29) is 30.3 Å². The molecule has 30 heavy (non-hydrogen) atoms. The van der Waals surface area contributed by atoms with Crippen LogP contribution in [0.25, 0.3) is 11.1 Å². The third-order valence-electron chi connectivity index (χ3n) is 4.91. The van der Waals surface area contributed by atoms with Crippen LogP contribution in [0.2, 0.25) is 0 Å². The number of pyridine rings is 1. The summed E-state index contributed by atoms with van der Waals surface area (Å²) in [6.45, 7) is 0.239. The maximum Gasteiger partial charge on any atom is 0.407 e. The number of aromatic carboxylic acids is 1. The smallest absolute Gasteiger partial charge is 0.407 e. The molecule has 2 aromatic carbocycles. The van der Waals surface area contributed by atoms with Crippen molar-refractivity contribution in [2.45, 2.75) is 5.92 Å². The molecule has 0 saturated heterocycles. The summed E-state index contributed by atoms with van der Waals surface area (Å²) in [6.07, 6.45) is 0.890. The fourth-order valence-corrected chi connectivity index (χ4v) is 3.57. The molecule has 1 aliphatic rings. The van der Waals surface area contributed by atoms with Gasteiger partial charge >= 0.3 is 12.1 Å². The average Bonchev–Trinajstić information content (AvgIpc) is 3.09. The van der Waals surface area contributed by atoms with Crippen molar-refractivity contribution in [3.05, 3.63) is 89.2 Å². The van der Waals surface area contributed by atoms with Crippen LogP contribution in [0.4, 0.5) is 4.79 Å². The van der Waals surface area contributed by atoms with Crippen LogP contribution in [-0.4, -0.2) is 35.3 Å². The van der Waals surface area contributed by atoms with Gasteiger partial charge in [0.1, 0.15) is 12.3 Å². The number of carbonyl (C=O) groups excluding carboxylic acids is 1. The Kier molecular flexibility index (Phi) is 5.44. The molecule has 148 valence electrons. The summed E-state index contributed by atoms with van der Waals surface area (Å²) in [5.74, 6) is 4.25. The average molecular weight is 398 g/mol. The molecule has 1 amide bonds. The number of carbonyl (C=O) groups is 2. The van der Waals surface area contributed by atoms with Crippen LogP contribution in [0.5, 0.6) is 0 Å². The van der Waals surface area contributed by atoms with Crippen molar-refractivity contribution >= 4 is 12.1 Å². The van der Waals surface area contributed by atoms with E-state index in [9.17, 15) is 9.59 Å². The molecule has 0 radical (unpaired) electrons. The predicted octanol–water partition coefficient (Wildman–Crippen LogP) is 3.67. The van der Waals surface area contributed by atoms with Crippen LogP contribution in [0.3, 0.4) is 0 Å². The van der Waals surface area contributed by atoms with Gasteiger partial charge in [-0.25, -0.2) is 14.6 Å². The Hall–Kier alpha value is -4.11. The van der Waals surface area contributed by atoms with E-state index in [2.05, 4.69) is 46.4 Å². The Bertz CT molecular complexity index is 1130. The first kappa shape index (κ1) is 19.2. The number of rotatable bonds is 4. The Balaban J connectivity index is 1.36. The third kappa shape index (κ3) is 3.87. The quantitative estimate of drug-likeness (QED) is 0.655. The summed E-state index contributed by atoms with van der Waals surface area (Å²) < 4.78 is 5.43. The molecule has 1 aliphatic carbocycles. The minimum Gasteiger partial charge on any atom is -0.478 e. The Labute approximate surface area is 173 Å². The topological polar surface area (TPSA) is 88.5 Å². The molecule has 6 nitrogen and oxygen atoms in total. The Morgan fingerprint density at radius 2 is 1.67 bits per heavy atom. The normalized spacial score (nSPS) is 11.6. The molecule has 4 rings (SSSR count). The molecule has 2 N–H and O–H groups in total. The van der Waals surface area contributed by atoms with E-state index in [0.717, 1.165) is 22.3 Å². The molecule has 1 aromatic heterocycles. The summed E-state index contributed by atoms with van der Waals surface area (Å²) >= 11 is 0. The van der Waals surface area contributed by atoms with E-state index in [1.807, 2.05) is 24.3 Å². The lowest BCUT2D eigenvalue weighted by molar-refractivity contribution is 0.0696. The second-order valence-corrected chi connectivity index (χ2v) is 6.69. The summed E-state index contributed by atoms with van der Waals surface area (Å²) in [5.41, 5.74) is 4.78. The third-order valence-corrected chi connectivity index (χ3v) is 4.91. The largest absolute Gasteiger partial charge is 0.478 e. The predicted molar refractivity (Wildman–Crippen MR) is 111 cm³/mol. The second kappa shape index (κ2) is 8.50. The van der Waals surface area contributed by atoms with Crippen molar-refractivity contribution in [3.63, 3.8) is 0 Å². The first-order chi connectivity index (χ1) is 14.6. The zero-order valence-electron chi connectivity index (χ0n) is 16.0. The summed E-state index contributed by atoms with van der Waals surface area (Å²) in [4.78, 5) is 27.2. The second-order valence-electron chi connectivity index (χ2n) is 6.69. The number of carboxylic acid groups (broad SMARTS) is 1. The van der Waals surface area contributed by atoms with Crippen LogP contribution in [0.1, 0.15) is 33.1 Å². The highest BCUT2D eigenvalue weighted by molar-refractivity contribution is 5.90. The molecule has 0 aliphatic heterocycles. The molecule has 0 saturated carbocycles. The Morgan fingerprint density at radius 3 is 2.33 bits per heavy atom. The molecular formula is C24H18N2O4. The van der Waals surface area contributed by atoms with Crippen LogP contribution >= 0.6 is 0 Å². The molecular weight excluding hydrogens is 380 g/mol. The van der Waals surface area contributed by atoms with Crippen LogP contribution in [-0.2, 0) is 4.74 Å². The maximum atomic E-state index is 12.1. The highest BCUT2D eigenvalue weighted by atomic mass is 16.5. The van der Waals surface area contributed by atoms with E-state index in [4.69, 9.17) is 9.84 Å². The number of alkyl carbamates (subject to hydrolysis) is 1. The zero-order chi connectivity index (χ0) is 20.9. The summed E-state index contributed by atoms with van der Waals surface area (Å²) in [7, 11) is 0. The van der Waals surface area contributed by atoms with Gasteiger partial charge in [0.2, 0.25) is 0 Å². The zero-order valence-corrected chi connectivity index (χ0v) is 16.0. The van der Waals surface area contributed by atoms with E-state index < -0.39 is 12.1 Å². The van der Waals surface area contributed by atoms with Gasteiger partial charge in [0.15, 0.2) is 0 Å². The van der Waals surface area contributed by atoms with Crippen LogP contribution in [0, 0.1) is 11.8 Å². The number of nitrogens with one attached hydrogen (secondary N) is 1. The number of nitrogens with zero attached hydrogens (tertiary/aromatic N) is 1. The highest BCUT2D eigenvalue weighted by Crippen LogP contribution is 2.44. The number of carboxylic acids is 1. The summed E-state index contributed by atoms with van der Waals surface area (Å²) in [6, 6.07) is 19.2. The van der Waals surface area contributed by atoms with Gasteiger partial charge in [-0.3, -0.25) is 0 Å².